The second-order valence-electron chi connectivity index (χ2n) is 15.9. The highest BCUT2D eigenvalue weighted by Gasteiger charge is 2.45. The van der Waals surface area contributed by atoms with Crippen molar-refractivity contribution in [2.75, 3.05) is 0 Å². The Morgan fingerprint density at radius 2 is 1.55 bits per heavy atom. The molecular weight excluding hydrogens is 608 g/mol. The normalized spacial score (nSPS) is 20.3. The van der Waals surface area contributed by atoms with Crippen LogP contribution in [0.25, 0.3) is 0 Å². The van der Waals surface area contributed by atoms with E-state index in [1.54, 1.807) is 30.2 Å². The van der Waals surface area contributed by atoms with Crippen LogP contribution < -0.4 is 0 Å². The summed E-state index contributed by atoms with van der Waals surface area (Å²) in [7, 11) is 0. The van der Waals surface area contributed by atoms with Gasteiger partial charge in [-0.1, -0.05) is 133 Å². The first-order valence-electron chi connectivity index (χ1n) is 17.7. The van der Waals surface area contributed by atoms with Crippen molar-refractivity contribution in [1.29, 1.82) is 0 Å². The van der Waals surface area contributed by atoms with Crippen LogP contribution >= 0.6 is 0 Å². The Balaban J connectivity index is 0.000000200. The van der Waals surface area contributed by atoms with Crippen molar-refractivity contribution in [3.8, 4) is 5.75 Å². The van der Waals surface area contributed by atoms with Gasteiger partial charge in [-0.15, -0.1) is 0 Å². The van der Waals surface area contributed by atoms with Gasteiger partial charge in [-0.05, 0) is 91.0 Å². The summed E-state index contributed by atoms with van der Waals surface area (Å²) >= 11 is 0. The number of carbonyl (C=O) groups excluding carboxylic acids is 3. The molecule has 0 fully saturated rings. The Labute approximate surface area is 295 Å². The highest BCUT2D eigenvalue weighted by molar-refractivity contribution is 5.92. The van der Waals surface area contributed by atoms with Crippen molar-refractivity contribution in [1.82, 2.24) is 0 Å². The van der Waals surface area contributed by atoms with Crippen LogP contribution in [0.2, 0.25) is 0 Å². The van der Waals surface area contributed by atoms with E-state index in [0.717, 1.165) is 31.1 Å². The van der Waals surface area contributed by atoms with Crippen LogP contribution in [0.3, 0.4) is 0 Å². The van der Waals surface area contributed by atoms with Crippen LogP contribution in [0.15, 0.2) is 90.0 Å². The lowest BCUT2D eigenvalue weighted by Crippen LogP contribution is -2.40. The summed E-state index contributed by atoms with van der Waals surface area (Å²) in [5.74, 6) is 0.411. The van der Waals surface area contributed by atoms with Gasteiger partial charge in [-0.3, -0.25) is 4.79 Å². The number of para-hydroxylation sites is 1. The standard InChI is InChI=1S/C16H26O.C14H12O3.C14H20O/c1-11-9-13-7-6-8-15(3,4)14(13)10-16(11,5)12(2)17;15-13-9-5-4-8-12(13)14(16)17-10-11-6-2-1-3-7-11;1-11(10-15)9-12-5-7-13(8-6-12)14(2,3)4/h11H,6-10H2,1-5H3;1-9,15H,10H2;5-8,10-11H,9H2,1-4H3. The molecule has 1 N–H and O–H groups in total. The van der Waals surface area contributed by atoms with Gasteiger partial charge in [0.15, 0.2) is 0 Å². The molecule has 0 heterocycles. The van der Waals surface area contributed by atoms with Gasteiger partial charge in [-0.2, -0.15) is 0 Å². The number of benzene rings is 3. The average molecular weight is 667 g/mol. The van der Waals surface area contributed by atoms with E-state index in [-0.39, 0.29) is 34.7 Å². The first-order valence-corrected chi connectivity index (χ1v) is 17.7. The molecule has 3 atom stereocenters. The summed E-state index contributed by atoms with van der Waals surface area (Å²) in [6.07, 6.45) is 7.90. The van der Waals surface area contributed by atoms with Crippen molar-refractivity contribution in [2.24, 2.45) is 22.7 Å². The number of allylic oxidation sites excluding steroid dienone is 2. The molecular formula is C44H58O5. The lowest BCUT2D eigenvalue weighted by atomic mass is 9.57. The minimum Gasteiger partial charge on any atom is -0.507 e. The number of hydrogen-bond donors (Lipinski definition) is 1. The molecule has 0 bridgehead atoms. The molecule has 5 heteroatoms. The van der Waals surface area contributed by atoms with Gasteiger partial charge in [0.2, 0.25) is 0 Å². The monoisotopic (exact) mass is 666 g/mol. The lowest BCUT2D eigenvalue weighted by Gasteiger charge is -2.47. The number of phenolic OH excluding ortho intramolecular Hbond substituents is 1. The van der Waals surface area contributed by atoms with E-state index in [9.17, 15) is 19.5 Å². The second-order valence-corrected chi connectivity index (χ2v) is 15.9. The van der Waals surface area contributed by atoms with Crippen LogP contribution in [0.4, 0.5) is 0 Å². The number of ether oxygens (including phenoxy) is 1. The summed E-state index contributed by atoms with van der Waals surface area (Å²) in [6, 6.07) is 24.3. The Bertz CT molecular complexity index is 1580. The van der Waals surface area contributed by atoms with Crippen LogP contribution in [0.1, 0.15) is 121 Å². The van der Waals surface area contributed by atoms with Crippen LogP contribution in [0, 0.1) is 22.7 Å². The number of phenols is 1. The molecule has 264 valence electrons. The predicted octanol–water partition coefficient (Wildman–Crippen LogP) is 10.6. The van der Waals surface area contributed by atoms with Gasteiger partial charge >= 0.3 is 5.97 Å². The summed E-state index contributed by atoms with van der Waals surface area (Å²) in [5, 5.41) is 9.48. The number of hydrogen-bond acceptors (Lipinski definition) is 5. The Morgan fingerprint density at radius 1 is 0.939 bits per heavy atom. The fourth-order valence-corrected chi connectivity index (χ4v) is 6.73. The maximum absolute atomic E-state index is 12.0. The zero-order chi connectivity index (χ0) is 36.4. The van der Waals surface area contributed by atoms with Crippen molar-refractivity contribution in [2.45, 2.75) is 113 Å². The zero-order valence-corrected chi connectivity index (χ0v) is 31.3. The van der Waals surface area contributed by atoms with Crippen molar-refractivity contribution < 1.29 is 24.2 Å². The van der Waals surface area contributed by atoms with E-state index in [2.05, 4.69) is 72.7 Å². The van der Waals surface area contributed by atoms with Crippen molar-refractivity contribution >= 4 is 18.0 Å². The largest absolute Gasteiger partial charge is 0.507 e. The lowest BCUT2D eigenvalue weighted by molar-refractivity contribution is -0.129. The molecule has 0 aliphatic heterocycles. The number of rotatable bonds is 7. The van der Waals surface area contributed by atoms with Crippen molar-refractivity contribution in [3.63, 3.8) is 0 Å². The number of aromatic hydroxyl groups is 1. The highest BCUT2D eigenvalue weighted by Crippen LogP contribution is 2.53. The van der Waals surface area contributed by atoms with Gasteiger partial charge < -0.3 is 14.6 Å². The topological polar surface area (TPSA) is 80.7 Å². The fraction of sp³-hybridized carbons (Fsp3) is 0.477. The van der Waals surface area contributed by atoms with Gasteiger partial charge in [0.05, 0.1) is 0 Å². The van der Waals surface area contributed by atoms with E-state index in [0.29, 0.717) is 17.1 Å². The summed E-state index contributed by atoms with van der Waals surface area (Å²) in [4.78, 5) is 34.2. The molecule has 3 aromatic rings. The molecule has 5 rings (SSSR count). The minimum absolute atomic E-state index is 0.0643. The third kappa shape index (κ3) is 11.0. The molecule has 0 amide bonds. The molecule has 2 aliphatic carbocycles. The third-order valence-electron chi connectivity index (χ3n) is 10.5. The van der Waals surface area contributed by atoms with E-state index in [1.807, 2.05) is 37.3 Å². The van der Waals surface area contributed by atoms with Gasteiger partial charge in [-0.25, -0.2) is 4.79 Å². The molecule has 3 aromatic carbocycles. The summed E-state index contributed by atoms with van der Waals surface area (Å²) < 4.78 is 5.10. The second kappa shape index (κ2) is 17.1. The maximum atomic E-state index is 12.0. The Morgan fingerprint density at radius 3 is 2.12 bits per heavy atom. The molecule has 5 nitrogen and oxygen atoms in total. The van der Waals surface area contributed by atoms with Crippen LogP contribution in [0.5, 0.6) is 5.75 Å². The van der Waals surface area contributed by atoms with Gasteiger partial charge in [0.25, 0.3) is 0 Å². The third-order valence-corrected chi connectivity index (χ3v) is 10.5. The first kappa shape index (κ1) is 39.4. The quantitative estimate of drug-likeness (QED) is 0.154. The first-order chi connectivity index (χ1) is 23.0. The van der Waals surface area contributed by atoms with Gasteiger partial charge in [0.1, 0.15) is 30.0 Å². The average Bonchev–Trinajstić information content (AvgIpc) is 3.05. The smallest absolute Gasteiger partial charge is 0.342 e. The Kier molecular flexibility index (Phi) is 13.8. The molecule has 3 unspecified atom stereocenters. The Hall–Kier alpha value is -3.99. The molecule has 0 saturated carbocycles. The van der Waals surface area contributed by atoms with E-state index < -0.39 is 5.97 Å². The number of ketones is 1. The van der Waals surface area contributed by atoms with Crippen molar-refractivity contribution in [3.05, 3.63) is 112 Å². The minimum atomic E-state index is -0.521. The SMILES string of the molecule is CC(=O)C1(C)CC2=C(CCCC2(C)C)CC1C.CC(C=O)Cc1ccc(C(C)(C)C)cc1.O=C(OCc1ccccc1)c1ccccc1O. The number of esters is 1. The summed E-state index contributed by atoms with van der Waals surface area (Å²) in [5.41, 5.74) is 7.37. The zero-order valence-electron chi connectivity index (χ0n) is 31.3. The van der Waals surface area contributed by atoms with E-state index in [4.69, 9.17) is 4.74 Å². The molecule has 0 spiro atoms. The highest BCUT2D eigenvalue weighted by atomic mass is 16.5. The number of Topliss-reactive ketones (excluding diaryl/α,β-unsaturated/α-hetero) is 1. The predicted molar refractivity (Wildman–Crippen MR) is 200 cm³/mol. The molecule has 0 radical (unpaired) electrons. The summed E-state index contributed by atoms with van der Waals surface area (Å²) in [6.45, 7) is 19.7. The molecule has 0 aromatic heterocycles. The maximum Gasteiger partial charge on any atom is 0.342 e. The van der Waals surface area contributed by atoms with Crippen LogP contribution in [-0.4, -0.2) is 23.1 Å². The fourth-order valence-electron chi connectivity index (χ4n) is 6.73. The van der Waals surface area contributed by atoms with Gasteiger partial charge in [0, 0.05) is 11.3 Å². The van der Waals surface area contributed by atoms with E-state index >= 15 is 0 Å². The molecule has 0 saturated heterocycles. The number of carbonyl (C=O) groups is 3. The molecule has 49 heavy (non-hydrogen) atoms. The van der Waals surface area contributed by atoms with Crippen LogP contribution in [-0.2, 0) is 32.8 Å². The van der Waals surface area contributed by atoms with E-state index in [1.165, 1.54) is 42.5 Å². The molecule has 2 aliphatic rings. The number of aldehydes is 1.